The highest BCUT2D eigenvalue weighted by Crippen LogP contribution is 2.31. The number of carbonyl (C=O) groups is 2. The highest BCUT2D eigenvalue weighted by Gasteiger charge is 2.49. The van der Waals surface area contributed by atoms with E-state index in [2.05, 4.69) is 11.4 Å². The molecule has 1 atom stereocenters. The van der Waals surface area contributed by atoms with E-state index in [1.165, 1.54) is 11.3 Å². The van der Waals surface area contributed by atoms with E-state index in [4.69, 9.17) is 5.26 Å². The van der Waals surface area contributed by atoms with Gasteiger partial charge in [-0.15, -0.1) is 0 Å². The number of nitrogens with one attached hydrogen (secondary N) is 1. The molecule has 1 aromatic carbocycles. The van der Waals surface area contributed by atoms with Crippen LogP contribution in [0.25, 0.3) is 0 Å². The smallest absolute Gasteiger partial charge is 0.319 e. The normalized spacial score (nSPS) is 20.8. The number of urea groups is 1. The summed E-state index contributed by atoms with van der Waals surface area (Å²) in [4.78, 5) is 26.1. The van der Waals surface area contributed by atoms with Crippen LogP contribution in [0.1, 0.15) is 23.6 Å². The zero-order valence-electron chi connectivity index (χ0n) is 11.9. The van der Waals surface area contributed by atoms with Gasteiger partial charge < -0.3 is 5.32 Å². The van der Waals surface area contributed by atoms with Crippen molar-refractivity contribution in [2.24, 2.45) is 0 Å². The first-order valence-corrected chi connectivity index (χ1v) is 7.65. The monoisotopic (exact) mass is 311 g/mol. The van der Waals surface area contributed by atoms with Crippen LogP contribution in [0.5, 0.6) is 0 Å². The summed E-state index contributed by atoms with van der Waals surface area (Å²) in [6, 6.07) is 10.4. The van der Waals surface area contributed by atoms with E-state index in [-0.39, 0.29) is 12.5 Å². The van der Waals surface area contributed by atoms with Crippen molar-refractivity contribution < 1.29 is 9.59 Å². The predicted octanol–water partition coefficient (Wildman–Crippen LogP) is 2.59. The Hall–Kier alpha value is -2.65. The van der Waals surface area contributed by atoms with Gasteiger partial charge in [0.15, 0.2) is 0 Å². The lowest BCUT2D eigenvalue weighted by Gasteiger charge is -2.20. The van der Waals surface area contributed by atoms with Gasteiger partial charge in [0.2, 0.25) is 0 Å². The molecule has 2 heterocycles. The Kier molecular flexibility index (Phi) is 3.43. The van der Waals surface area contributed by atoms with Gasteiger partial charge >= 0.3 is 6.03 Å². The number of benzene rings is 1. The Labute approximate surface area is 131 Å². The van der Waals surface area contributed by atoms with E-state index in [9.17, 15) is 9.59 Å². The van der Waals surface area contributed by atoms with Crippen molar-refractivity contribution in [3.63, 3.8) is 0 Å². The van der Waals surface area contributed by atoms with E-state index in [0.717, 1.165) is 10.5 Å². The van der Waals surface area contributed by atoms with Crippen LogP contribution in [0.4, 0.5) is 4.79 Å². The van der Waals surface area contributed by atoms with Crippen molar-refractivity contribution in [1.82, 2.24) is 10.2 Å². The lowest BCUT2D eigenvalue weighted by atomic mass is 9.95. The molecular formula is C16H13N3O2S. The molecule has 1 saturated heterocycles. The van der Waals surface area contributed by atoms with Gasteiger partial charge in [0.1, 0.15) is 5.54 Å². The number of nitriles is 1. The second kappa shape index (κ2) is 5.28. The number of thiophene rings is 1. The third-order valence-electron chi connectivity index (χ3n) is 3.84. The number of amides is 3. The van der Waals surface area contributed by atoms with Crippen LogP contribution in [-0.4, -0.2) is 16.8 Å². The standard InChI is InChI=1S/C16H13N3O2S/c1-16(13-6-7-22-10-13)14(20)19(15(21)18-16)9-12-5-3-2-4-11(12)8-17/h2-7,10H,9H2,1H3,(H,18,21)/t16-/m0/s1. The minimum Gasteiger partial charge on any atom is -0.319 e. The number of hydrogen-bond acceptors (Lipinski definition) is 4. The Bertz CT molecular complexity index is 779. The quantitative estimate of drug-likeness (QED) is 0.885. The summed E-state index contributed by atoms with van der Waals surface area (Å²) in [5, 5.41) is 15.6. The molecule has 5 nitrogen and oxygen atoms in total. The van der Waals surface area contributed by atoms with Gasteiger partial charge in [-0.1, -0.05) is 18.2 Å². The van der Waals surface area contributed by atoms with Gasteiger partial charge in [0.05, 0.1) is 18.2 Å². The Morgan fingerprint density at radius 3 is 2.77 bits per heavy atom. The summed E-state index contributed by atoms with van der Waals surface area (Å²) in [5.74, 6) is -0.302. The maximum absolute atomic E-state index is 12.7. The molecule has 0 aliphatic carbocycles. The molecule has 0 spiro atoms. The summed E-state index contributed by atoms with van der Waals surface area (Å²) >= 11 is 1.47. The Balaban J connectivity index is 1.92. The van der Waals surface area contributed by atoms with E-state index in [1.54, 1.807) is 31.2 Å². The zero-order valence-corrected chi connectivity index (χ0v) is 12.7. The average molecular weight is 311 g/mol. The maximum Gasteiger partial charge on any atom is 0.325 e. The van der Waals surface area contributed by atoms with Gasteiger partial charge in [-0.3, -0.25) is 9.69 Å². The zero-order chi connectivity index (χ0) is 15.7. The van der Waals surface area contributed by atoms with Crippen molar-refractivity contribution in [2.45, 2.75) is 19.0 Å². The second-order valence-electron chi connectivity index (χ2n) is 5.23. The SMILES string of the molecule is C[C@@]1(c2ccsc2)NC(=O)N(Cc2ccccc2C#N)C1=O. The molecule has 1 aliphatic rings. The molecule has 3 amide bonds. The van der Waals surface area contributed by atoms with Crippen LogP contribution in [0.3, 0.4) is 0 Å². The maximum atomic E-state index is 12.7. The molecule has 0 bridgehead atoms. The van der Waals surface area contributed by atoms with Gasteiger partial charge in [-0.05, 0) is 40.9 Å². The summed E-state index contributed by atoms with van der Waals surface area (Å²) < 4.78 is 0. The molecule has 110 valence electrons. The third kappa shape index (κ3) is 2.16. The highest BCUT2D eigenvalue weighted by atomic mass is 32.1. The first kappa shape index (κ1) is 14.3. The molecule has 0 unspecified atom stereocenters. The topological polar surface area (TPSA) is 73.2 Å². The van der Waals surface area contributed by atoms with E-state index >= 15 is 0 Å². The van der Waals surface area contributed by atoms with Crippen LogP contribution >= 0.6 is 11.3 Å². The summed E-state index contributed by atoms with van der Waals surface area (Å²) in [7, 11) is 0. The molecule has 1 N–H and O–H groups in total. The number of rotatable bonds is 3. The van der Waals surface area contributed by atoms with Crippen molar-refractivity contribution in [1.29, 1.82) is 5.26 Å². The minimum absolute atomic E-state index is 0.0914. The van der Waals surface area contributed by atoms with Gasteiger partial charge in [0.25, 0.3) is 5.91 Å². The fourth-order valence-electron chi connectivity index (χ4n) is 2.52. The van der Waals surface area contributed by atoms with Gasteiger partial charge in [-0.25, -0.2) is 4.79 Å². The van der Waals surface area contributed by atoms with Crippen molar-refractivity contribution in [3.05, 3.63) is 57.8 Å². The van der Waals surface area contributed by atoms with Crippen molar-refractivity contribution >= 4 is 23.3 Å². The molecule has 0 saturated carbocycles. The Morgan fingerprint density at radius 2 is 2.09 bits per heavy atom. The van der Waals surface area contributed by atoms with Crippen LogP contribution in [0.2, 0.25) is 0 Å². The third-order valence-corrected chi connectivity index (χ3v) is 4.52. The van der Waals surface area contributed by atoms with Crippen LogP contribution in [0, 0.1) is 11.3 Å². The molecule has 0 radical (unpaired) electrons. The fourth-order valence-corrected chi connectivity index (χ4v) is 3.29. The molecule has 1 fully saturated rings. The van der Waals surface area contributed by atoms with Gasteiger partial charge in [0, 0.05) is 0 Å². The second-order valence-corrected chi connectivity index (χ2v) is 6.01. The van der Waals surface area contributed by atoms with E-state index < -0.39 is 11.6 Å². The van der Waals surface area contributed by atoms with E-state index in [1.807, 2.05) is 16.8 Å². The van der Waals surface area contributed by atoms with Gasteiger partial charge in [-0.2, -0.15) is 16.6 Å². The van der Waals surface area contributed by atoms with Crippen LogP contribution < -0.4 is 5.32 Å². The number of imide groups is 1. The molecule has 1 aromatic heterocycles. The number of hydrogen-bond donors (Lipinski definition) is 1. The van der Waals surface area contributed by atoms with E-state index in [0.29, 0.717) is 11.1 Å². The summed E-state index contributed by atoms with van der Waals surface area (Å²) in [6.45, 7) is 1.79. The first-order valence-electron chi connectivity index (χ1n) is 6.71. The minimum atomic E-state index is -1.04. The molecule has 6 heteroatoms. The van der Waals surface area contributed by atoms with Crippen LogP contribution in [-0.2, 0) is 16.9 Å². The predicted molar refractivity (Wildman–Crippen MR) is 81.9 cm³/mol. The Morgan fingerprint density at radius 1 is 1.32 bits per heavy atom. The lowest BCUT2D eigenvalue weighted by molar-refractivity contribution is -0.131. The largest absolute Gasteiger partial charge is 0.325 e. The first-order chi connectivity index (χ1) is 10.6. The summed E-state index contributed by atoms with van der Waals surface area (Å²) in [6.07, 6.45) is 0. The molecule has 2 aromatic rings. The number of carbonyl (C=O) groups excluding carboxylic acids is 2. The molecule has 22 heavy (non-hydrogen) atoms. The molecule has 3 rings (SSSR count). The average Bonchev–Trinajstić information content (AvgIpc) is 3.12. The fraction of sp³-hybridized carbons (Fsp3) is 0.188. The van der Waals surface area contributed by atoms with Crippen LogP contribution in [0.15, 0.2) is 41.1 Å². The van der Waals surface area contributed by atoms with Crippen molar-refractivity contribution in [3.8, 4) is 6.07 Å². The lowest BCUT2D eigenvalue weighted by Crippen LogP contribution is -2.40. The summed E-state index contributed by atoms with van der Waals surface area (Å²) in [5.41, 5.74) is 0.848. The number of nitrogens with zero attached hydrogens (tertiary/aromatic N) is 2. The molecule has 1 aliphatic heterocycles. The van der Waals surface area contributed by atoms with Crippen molar-refractivity contribution in [2.75, 3.05) is 0 Å². The highest BCUT2D eigenvalue weighted by molar-refractivity contribution is 7.08. The molecular weight excluding hydrogens is 298 g/mol.